The van der Waals surface area contributed by atoms with Crippen LogP contribution in [0.4, 0.5) is 0 Å². The average Bonchev–Trinajstić information content (AvgIpc) is 2.64. The summed E-state index contributed by atoms with van der Waals surface area (Å²) in [6, 6.07) is 9.16. The second-order valence-electron chi connectivity index (χ2n) is 6.28. The highest BCUT2D eigenvalue weighted by molar-refractivity contribution is 5.81. The molecule has 0 amide bonds. The monoisotopic (exact) mass is 271 g/mol. The van der Waals surface area contributed by atoms with Gasteiger partial charge in [0, 0.05) is 25.0 Å². The molecule has 0 radical (unpaired) electrons. The highest BCUT2D eigenvalue weighted by Gasteiger charge is 2.16. The molecule has 1 aromatic heterocycles. The molecule has 1 N–H and O–H groups in total. The second-order valence-corrected chi connectivity index (χ2v) is 6.28. The van der Waals surface area contributed by atoms with Crippen LogP contribution in [0.5, 0.6) is 0 Å². The normalized spacial score (nSPS) is 23.9. The zero-order valence-corrected chi connectivity index (χ0v) is 12.6. The van der Waals surface area contributed by atoms with E-state index in [1.165, 1.54) is 48.7 Å². The van der Waals surface area contributed by atoms with Crippen LogP contribution in [-0.4, -0.2) is 15.8 Å². The third-order valence-electron chi connectivity index (χ3n) is 4.65. The lowest BCUT2D eigenvalue weighted by Gasteiger charge is -2.15. The molecule has 3 rings (SSSR count). The van der Waals surface area contributed by atoms with Gasteiger partial charge in [0.2, 0.25) is 0 Å². The Hall–Kier alpha value is -1.35. The van der Waals surface area contributed by atoms with Gasteiger partial charge in [-0.25, -0.2) is 0 Å². The maximum absolute atomic E-state index is 4.67. The molecule has 108 valence electrons. The summed E-state index contributed by atoms with van der Waals surface area (Å²) in [6.07, 6.45) is 6.74. The molecule has 20 heavy (non-hydrogen) atoms. The lowest BCUT2D eigenvalue weighted by molar-refractivity contribution is 0.444. The van der Waals surface area contributed by atoms with Crippen molar-refractivity contribution in [3.8, 4) is 0 Å². The average molecular weight is 271 g/mol. The van der Waals surface area contributed by atoms with E-state index in [1.807, 2.05) is 11.7 Å². The molecule has 1 aromatic carbocycles. The van der Waals surface area contributed by atoms with Crippen LogP contribution in [0, 0.1) is 5.92 Å². The minimum atomic E-state index is 0.667. The number of nitrogens with one attached hydrogen (secondary N) is 1. The molecule has 0 aliphatic heterocycles. The summed E-state index contributed by atoms with van der Waals surface area (Å²) in [5.74, 6) is 0.900. The third kappa shape index (κ3) is 2.88. The summed E-state index contributed by atoms with van der Waals surface area (Å²) in [5.41, 5.74) is 2.40. The predicted molar refractivity (Wildman–Crippen MR) is 83.6 cm³/mol. The topological polar surface area (TPSA) is 29.9 Å². The highest BCUT2D eigenvalue weighted by Crippen LogP contribution is 2.23. The molecule has 3 heteroatoms. The standard InChI is InChI=1S/C17H25N3/c1-13-6-5-7-14(11-10-13)18-12-16-15-8-3-4-9-17(15)20(2)19-16/h3-4,8-9,13-14,18H,5-7,10-12H2,1-2H3. The van der Waals surface area contributed by atoms with Crippen LogP contribution in [0.2, 0.25) is 0 Å². The Morgan fingerprint density at radius 1 is 1.20 bits per heavy atom. The number of nitrogens with zero attached hydrogens (tertiary/aromatic N) is 2. The van der Waals surface area contributed by atoms with Crippen LogP contribution in [0.25, 0.3) is 10.9 Å². The van der Waals surface area contributed by atoms with Crippen LogP contribution in [0.1, 0.15) is 44.7 Å². The Morgan fingerprint density at radius 3 is 2.95 bits per heavy atom. The van der Waals surface area contributed by atoms with Crippen LogP contribution in [0.3, 0.4) is 0 Å². The molecule has 1 fully saturated rings. The molecule has 1 saturated carbocycles. The van der Waals surface area contributed by atoms with Gasteiger partial charge in [-0.15, -0.1) is 0 Å². The minimum absolute atomic E-state index is 0.667. The van der Waals surface area contributed by atoms with Crippen molar-refractivity contribution in [1.82, 2.24) is 15.1 Å². The molecule has 1 aliphatic rings. The van der Waals surface area contributed by atoms with Crippen molar-refractivity contribution in [1.29, 1.82) is 0 Å². The van der Waals surface area contributed by atoms with Gasteiger partial charge >= 0.3 is 0 Å². The largest absolute Gasteiger partial charge is 0.308 e. The van der Waals surface area contributed by atoms with Crippen LogP contribution < -0.4 is 5.32 Å². The van der Waals surface area contributed by atoms with Gasteiger partial charge < -0.3 is 5.32 Å². The number of aryl methyl sites for hydroxylation is 1. The summed E-state index contributed by atoms with van der Waals surface area (Å²) < 4.78 is 1.99. The van der Waals surface area contributed by atoms with Gasteiger partial charge in [0.15, 0.2) is 0 Å². The summed E-state index contributed by atoms with van der Waals surface area (Å²) in [4.78, 5) is 0. The minimum Gasteiger partial charge on any atom is -0.308 e. The van der Waals surface area contributed by atoms with Crippen LogP contribution in [0.15, 0.2) is 24.3 Å². The molecule has 0 bridgehead atoms. The first-order valence-electron chi connectivity index (χ1n) is 7.88. The molecular weight excluding hydrogens is 246 g/mol. The quantitative estimate of drug-likeness (QED) is 0.864. The van der Waals surface area contributed by atoms with E-state index in [1.54, 1.807) is 0 Å². The predicted octanol–water partition coefficient (Wildman–Crippen LogP) is 3.63. The van der Waals surface area contributed by atoms with Gasteiger partial charge in [0.25, 0.3) is 0 Å². The first kappa shape index (κ1) is 13.6. The van der Waals surface area contributed by atoms with Gasteiger partial charge in [-0.3, -0.25) is 4.68 Å². The zero-order chi connectivity index (χ0) is 13.9. The fraction of sp³-hybridized carbons (Fsp3) is 0.588. The van der Waals surface area contributed by atoms with Crippen LogP contribution in [-0.2, 0) is 13.6 Å². The van der Waals surface area contributed by atoms with E-state index in [0.29, 0.717) is 6.04 Å². The first-order chi connectivity index (χ1) is 9.74. The van der Waals surface area contributed by atoms with Crippen molar-refractivity contribution in [2.24, 2.45) is 13.0 Å². The number of fused-ring (bicyclic) bond motifs is 1. The molecule has 1 aliphatic carbocycles. The van der Waals surface area contributed by atoms with E-state index < -0.39 is 0 Å². The Morgan fingerprint density at radius 2 is 2.05 bits per heavy atom. The highest BCUT2D eigenvalue weighted by atomic mass is 15.3. The summed E-state index contributed by atoms with van der Waals surface area (Å²) in [7, 11) is 2.03. The Labute approximate surface area is 121 Å². The van der Waals surface area contributed by atoms with Crippen molar-refractivity contribution in [3.63, 3.8) is 0 Å². The smallest absolute Gasteiger partial charge is 0.0841 e. The fourth-order valence-electron chi connectivity index (χ4n) is 3.35. The molecule has 1 heterocycles. The maximum atomic E-state index is 4.67. The van der Waals surface area contributed by atoms with Crippen molar-refractivity contribution in [2.75, 3.05) is 0 Å². The Balaban J connectivity index is 1.68. The van der Waals surface area contributed by atoms with Gasteiger partial charge in [-0.05, 0) is 31.2 Å². The molecule has 3 nitrogen and oxygen atoms in total. The van der Waals surface area contributed by atoms with Gasteiger partial charge in [-0.2, -0.15) is 5.10 Å². The number of hydrogen-bond donors (Lipinski definition) is 1. The Kier molecular flexibility index (Phi) is 4.06. The Bertz CT molecular complexity index is 573. The molecule has 2 aromatic rings. The lowest BCUT2D eigenvalue weighted by Crippen LogP contribution is -2.28. The van der Waals surface area contributed by atoms with E-state index in [2.05, 4.69) is 41.6 Å². The van der Waals surface area contributed by atoms with Crippen molar-refractivity contribution < 1.29 is 0 Å². The molecule has 0 spiro atoms. The molecule has 0 saturated heterocycles. The summed E-state index contributed by atoms with van der Waals surface area (Å²) in [5, 5.41) is 9.68. The number of aromatic nitrogens is 2. The number of rotatable bonds is 3. The zero-order valence-electron chi connectivity index (χ0n) is 12.6. The van der Waals surface area contributed by atoms with Crippen LogP contribution >= 0.6 is 0 Å². The molecular formula is C17H25N3. The number of para-hydroxylation sites is 1. The maximum Gasteiger partial charge on any atom is 0.0841 e. The van der Waals surface area contributed by atoms with E-state index in [0.717, 1.165) is 12.5 Å². The summed E-state index contributed by atoms with van der Waals surface area (Å²) in [6.45, 7) is 3.27. The fourth-order valence-corrected chi connectivity index (χ4v) is 3.35. The van der Waals surface area contributed by atoms with Crippen molar-refractivity contribution >= 4 is 10.9 Å². The van der Waals surface area contributed by atoms with E-state index in [9.17, 15) is 0 Å². The van der Waals surface area contributed by atoms with E-state index >= 15 is 0 Å². The van der Waals surface area contributed by atoms with Gasteiger partial charge in [0.1, 0.15) is 0 Å². The van der Waals surface area contributed by atoms with E-state index in [-0.39, 0.29) is 0 Å². The van der Waals surface area contributed by atoms with Crippen molar-refractivity contribution in [3.05, 3.63) is 30.0 Å². The van der Waals surface area contributed by atoms with Gasteiger partial charge in [0.05, 0.1) is 11.2 Å². The summed E-state index contributed by atoms with van der Waals surface area (Å²) >= 11 is 0. The molecule has 2 unspecified atom stereocenters. The van der Waals surface area contributed by atoms with Crippen molar-refractivity contribution in [2.45, 2.75) is 51.6 Å². The number of hydrogen-bond acceptors (Lipinski definition) is 2. The second kappa shape index (κ2) is 5.96. The van der Waals surface area contributed by atoms with E-state index in [4.69, 9.17) is 0 Å². The SMILES string of the molecule is CC1CCCC(NCc2nn(C)c3ccccc23)CC1. The lowest BCUT2D eigenvalue weighted by atomic mass is 10.0. The third-order valence-corrected chi connectivity index (χ3v) is 4.65. The van der Waals surface area contributed by atoms with Gasteiger partial charge in [-0.1, -0.05) is 38.0 Å². The first-order valence-corrected chi connectivity index (χ1v) is 7.88. The number of benzene rings is 1. The molecule has 2 atom stereocenters.